The lowest BCUT2D eigenvalue weighted by molar-refractivity contribution is -0.129. The van der Waals surface area contributed by atoms with Crippen LogP contribution in [0.15, 0.2) is 0 Å². The summed E-state index contributed by atoms with van der Waals surface area (Å²) in [6.45, 7) is 9.12. The van der Waals surface area contributed by atoms with Gasteiger partial charge in [0, 0.05) is 31.7 Å². The molecule has 4 heteroatoms. The standard InChI is InChI=1S/C12H24N2O2/c1-12(2,3)13-7-11(15)14-6-5-10(8-14)9-16-4/h10,13H,5-9H2,1-4H3. The zero-order chi connectivity index (χ0) is 12.2. The molecule has 1 saturated heterocycles. The minimum atomic E-state index is 0.00130. The molecule has 4 nitrogen and oxygen atoms in total. The quantitative estimate of drug-likeness (QED) is 0.776. The molecule has 1 atom stereocenters. The Morgan fingerprint density at radius 1 is 1.50 bits per heavy atom. The molecule has 1 amide bonds. The Morgan fingerprint density at radius 3 is 2.75 bits per heavy atom. The molecule has 0 radical (unpaired) electrons. The number of nitrogens with one attached hydrogen (secondary N) is 1. The van der Waals surface area contributed by atoms with E-state index in [1.165, 1.54) is 0 Å². The SMILES string of the molecule is COCC1CCN(C(=O)CNC(C)(C)C)C1. The van der Waals surface area contributed by atoms with Crippen LogP contribution >= 0.6 is 0 Å². The van der Waals surface area contributed by atoms with Crippen LogP contribution in [0.5, 0.6) is 0 Å². The van der Waals surface area contributed by atoms with E-state index in [-0.39, 0.29) is 11.4 Å². The first-order chi connectivity index (χ1) is 7.42. The van der Waals surface area contributed by atoms with Crippen LogP contribution < -0.4 is 5.32 Å². The highest BCUT2D eigenvalue weighted by molar-refractivity contribution is 5.78. The number of likely N-dealkylation sites (tertiary alicyclic amines) is 1. The summed E-state index contributed by atoms with van der Waals surface area (Å²) in [5.74, 6) is 0.720. The minimum absolute atomic E-state index is 0.00130. The number of carbonyl (C=O) groups excluding carboxylic acids is 1. The van der Waals surface area contributed by atoms with Crippen molar-refractivity contribution in [2.24, 2.45) is 5.92 Å². The number of hydrogen-bond acceptors (Lipinski definition) is 3. The lowest BCUT2D eigenvalue weighted by atomic mass is 10.1. The second kappa shape index (κ2) is 5.64. The maximum absolute atomic E-state index is 11.9. The minimum Gasteiger partial charge on any atom is -0.384 e. The van der Waals surface area contributed by atoms with Gasteiger partial charge in [0.05, 0.1) is 13.2 Å². The number of methoxy groups -OCH3 is 1. The van der Waals surface area contributed by atoms with Crippen LogP contribution in [-0.4, -0.2) is 49.7 Å². The summed E-state index contributed by atoms with van der Waals surface area (Å²) in [6, 6.07) is 0. The highest BCUT2D eigenvalue weighted by Gasteiger charge is 2.26. The number of amides is 1. The molecule has 0 aromatic heterocycles. The van der Waals surface area contributed by atoms with E-state index in [0.29, 0.717) is 12.5 Å². The van der Waals surface area contributed by atoms with E-state index in [0.717, 1.165) is 26.1 Å². The highest BCUT2D eigenvalue weighted by Crippen LogP contribution is 2.16. The number of hydrogen-bond donors (Lipinski definition) is 1. The summed E-state index contributed by atoms with van der Waals surface area (Å²) >= 11 is 0. The van der Waals surface area contributed by atoms with Crippen LogP contribution in [0.4, 0.5) is 0 Å². The Kier molecular flexibility index (Phi) is 4.74. The molecule has 1 fully saturated rings. The van der Waals surface area contributed by atoms with Gasteiger partial charge in [-0.1, -0.05) is 0 Å². The van der Waals surface area contributed by atoms with Crippen LogP contribution in [0.2, 0.25) is 0 Å². The van der Waals surface area contributed by atoms with Gasteiger partial charge in [0.25, 0.3) is 0 Å². The third-order valence-corrected chi connectivity index (χ3v) is 2.81. The Labute approximate surface area is 98.3 Å². The monoisotopic (exact) mass is 228 g/mol. The lowest BCUT2D eigenvalue weighted by Crippen LogP contribution is -2.44. The van der Waals surface area contributed by atoms with E-state index in [1.807, 2.05) is 4.90 Å². The molecule has 0 bridgehead atoms. The van der Waals surface area contributed by atoms with Gasteiger partial charge in [0.1, 0.15) is 0 Å². The van der Waals surface area contributed by atoms with E-state index < -0.39 is 0 Å². The van der Waals surface area contributed by atoms with Gasteiger partial charge in [0.2, 0.25) is 5.91 Å². The van der Waals surface area contributed by atoms with Crippen LogP contribution in [0.1, 0.15) is 27.2 Å². The average Bonchev–Trinajstić information content (AvgIpc) is 2.62. The zero-order valence-electron chi connectivity index (χ0n) is 10.9. The van der Waals surface area contributed by atoms with E-state index in [2.05, 4.69) is 26.1 Å². The van der Waals surface area contributed by atoms with E-state index in [4.69, 9.17) is 4.74 Å². The van der Waals surface area contributed by atoms with Crippen molar-refractivity contribution in [1.29, 1.82) is 0 Å². The smallest absolute Gasteiger partial charge is 0.236 e. The van der Waals surface area contributed by atoms with Crippen molar-refractivity contribution < 1.29 is 9.53 Å². The molecule has 1 aliphatic heterocycles. The topological polar surface area (TPSA) is 41.6 Å². The number of ether oxygens (including phenoxy) is 1. The Bertz CT molecular complexity index is 236. The molecule has 1 rings (SSSR count). The maximum atomic E-state index is 11.9. The van der Waals surface area contributed by atoms with Crippen molar-refractivity contribution in [3.05, 3.63) is 0 Å². The molecule has 0 spiro atoms. The largest absolute Gasteiger partial charge is 0.384 e. The van der Waals surface area contributed by atoms with Gasteiger partial charge < -0.3 is 15.0 Å². The van der Waals surface area contributed by atoms with E-state index >= 15 is 0 Å². The third kappa shape index (κ3) is 4.49. The summed E-state index contributed by atoms with van der Waals surface area (Å²) in [5.41, 5.74) is 0.00130. The van der Waals surface area contributed by atoms with Crippen molar-refractivity contribution in [1.82, 2.24) is 10.2 Å². The average molecular weight is 228 g/mol. The number of nitrogens with zero attached hydrogens (tertiary/aromatic N) is 1. The van der Waals surface area contributed by atoms with Crippen LogP contribution in [0.3, 0.4) is 0 Å². The van der Waals surface area contributed by atoms with Crippen molar-refractivity contribution in [3.63, 3.8) is 0 Å². The van der Waals surface area contributed by atoms with Gasteiger partial charge in [-0.2, -0.15) is 0 Å². The second-order valence-electron chi connectivity index (χ2n) is 5.55. The molecule has 0 aliphatic carbocycles. The van der Waals surface area contributed by atoms with Crippen LogP contribution in [0.25, 0.3) is 0 Å². The summed E-state index contributed by atoms with van der Waals surface area (Å²) in [6.07, 6.45) is 1.06. The molecule has 1 aliphatic rings. The molecule has 94 valence electrons. The Morgan fingerprint density at radius 2 is 2.19 bits per heavy atom. The van der Waals surface area contributed by atoms with Crippen molar-refractivity contribution in [2.75, 3.05) is 33.4 Å². The Balaban J connectivity index is 2.28. The fourth-order valence-corrected chi connectivity index (χ4v) is 1.88. The fourth-order valence-electron chi connectivity index (χ4n) is 1.88. The zero-order valence-corrected chi connectivity index (χ0v) is 10.9. The van der Waals surface area contributed by atoms with Crippen molar-refractivity contribution >= 4 is 5.91 Å². The third-order valence-electron chi connectivity index (χ3n) is 2.81. The molecule has 0 aromatic carbocycles. The normalized spacial score (nSPS) is 21.5. The van der Waals surface area contributed by atoms with Gasteiger partial charge >= 0.3 is 0 Å². The molecule has 0 aromatic rings. The first kappa shape index (κ1) is 13.5. The Hall–Kier alpha value is -0.610. The molecule has 16 heavy (non-hydrogen) atoms. The van der Waals surface area contributed by atoms with E-state index in [9.17, 15) is 4.79 Å². The first-order valence-corrected chi connectivity index (χ1v) is 5.94. The molecule has 0 saturated carbocycles. The molecule has 1 unspecified atom stereocenters. The summed E-state index contributed by atoms with van der Waals surface area (Å²) in [7, 11) is 1.71. The van der Waals surface area contributed by atoms with Gasteiger partial charge in [-0.3, -0.25) is 4.79 Å². The lowest BCUT2D eigenvalue weighted by Gasteiger charge is -2.23. The number of rotatable bonds is 4. The number of carbonyl (C=O) groups is 1. The molecule has 1 N–H and O–H groups in total. The van der Waals surface area contributed by atoms with Gasteiger partial charge in [-0.05, 0) is 27.2 Å². The van der Waals surface area contributed by atoms with Gasteiger partial charge in [-0.25, -0.2) is 0 Å². The second-order valence-corrected chi connectivity index (χ2v) is 5.55. The van der Waals surface area contributed by atoms with Crippen molar-refractivity contribution in [2.45, 2.75) is 32.7 Å². The summed E-state index contributed by atoms with van der Waals surface area (Å²) in [5, 5.41) is 3.22. The summed E-state index contributed by atoms with van der Waals surface area (Å²) < 4.78 is 5.11. The van der Waals surface area contributed by atoms with E-state index in [1.54, 1.807) is 7.11 Å². The summed E-state index contributed by atoms with van der Waals surface area (Å²) in [4.78, 5) is 13.8. The highest BCUT2D eigenvalue weighted by atomic mass is 16.5. The van der Waals surface area contributed by atoms with Crippen LogP contribution in [-0.2, 0) is 9.53 Å². The predicted molar refractivity (Wildman–Crippen MR) is 64.3 cm³/mol. The van der Waals surface area contributed by atoms with Crippen molar-refractivity contribution in [3.8, 4) is 0 Å². The van der Waals surface area contributed by atoms with Crippen LogP contribution in [0, 0.1) is 5.92 Å². The molecular formula is C12H24N2O2. The maximum Gasteiger partial charge on any atom is 0.236 e. The first-order valence-electron chi connectivity index (χ1n) is 5.94. The van der Waals surface area contributed by atoms with Gasteiger partial charge in [-0.15, -0.1) is 0 Å². The predicted octanol–water partition coefficient (Wildman–Crippen LogP) is 0.869. The molecular weight excluding hydrogens is 204 g/mol. The fraction of sp³-hybridized carbons (Fsp3) is 0.917. The van der Waals surface area contributed by atoms with Gasteiger partial charge in [0.15, 0.2) is 0 Å². The molecule has 1 heterocycles.